The number of hydrogen-bond donors (Lipinski definition) is 0. The standard InChI is InChI=1S/C58H37NO2/c1-2-11-41-35-44(21-20-38(41)10-1)43-13-9-12-42(34-43)39-22-28-47(29-23-39)59(48-30-24-40(25-31-48)45-26-32-52-50-15-4-7-18-55(50)60-57(52)36-45)54-17-6-3-14-49(54)46-27-33-53-51-16-5-8-19-56(51)61-58(53)37-46/h1-37H. The highest BCUT2D eigenvalue weighted by molar-refractivity contribution is 6.07. The Balaban J connectivity index is 0.946. The normalized spacial score (nSPS) is 11.6. The molecule has 0 fully saturated rings. The van der Waals surface area contributed by atoms with E-state index >= 15 is 0 Å². The summed E-state index contributed by atoms with van der Waals surface area (Å²) in [7, 11) is 0. The summed E-state index contributed by atoms with van der Waals surface area (Å²) in [6, 6.07) is 80.1. The van der Waals surface area contributed by atoms with E-state index in [1.165, 1.54) is 27.5 Å². The van der Waals surface area contributed by atoms with E-state index in [2.05, 4.69) is 205 Å². The van der Waals surface area contributed by atoms with Crippen molar-refractivity contribution < 1.29 is 8.83 Å². The Bertz CT molecular complexity index is 3590. The smallest absolute Gasteiger partial charge is 0.136 e. The summed E-state index contributed by atoms with van der Waals surface area (Å²) in [5.41, 5.74) is 15.9. The molecule has 0 radical (unpaired) electrons. The molecule has 0 unspecified atom stereocenters. The van der Waals surface area contributed by atoms with Crippen LogP contribution in [0, 0.1) is 0 Å². The molecule has 0 amide bonds. The molecule has 2 heterocycles. The highest BCUT2D eigenvalue weighted by Gasteiger charge is 2.19. The maximum Gasteiger partial charge on any atom is 0.136 e. The SMILES string of the molecule is c1cc(-c2ccc(N(c3ccc(-c4ccc5c(c4)oc4ccccc45)cc3)c3ccccc3-c3ccc4c(c3)oc3ccccc34)cc2)cc(-c2ccc3ccccc3c2)c1. The molecule has 3 heteroatoms. The number of para-hydroxylation sites is 3. The van der Waals surface area contributed by atoms with Gasteiger partial charge >= 0.3 is 0 Å². The first-order valence-corrected chi connectivity index (χ1v) is 20.7. The summed E-state index contributed by atoms with van der Waals surface area (Å²) in [5.74, 6) is 0. The van der Waals surface area contributed by atoms with Gasteiger partial charge in [-0.2, -0.15) is 0 Å². The second-order valence-electron chi connectivity index (χ2n) is 15.7. The minimum absolute atomic E-state index is 0.876. The van der Waals surface area contributed by atoms with Crippen LogP contribution in [0.1, 0.15) is 0 Å². The van der Waals surface area contributed by atoms with Gasteiger partial charge in [0.15, 0.2) is 0 Å². The van der Waals surface area contributed by atoms with E-state index < -0.39 is 0 Å². The average molecular weight is 780 g/mol. The summed E-state index contributed by atoms with van der Waals surface area (Å²) in [5, 5.41) is 7.00. The van der Waals surface area contributed by atoms with Crippen LogP contribution in [0.5, 0.6) is 0 Å². The van der Waals surface area contributed by atoms with Gasteiger partial charge in [0.25, 0.3) is 0 Å². The lowest BCUT2D eigenvalue weighted by atomic mass is 9.97. The van der Waals surface area contributed by atoms with Gasteiger partial charge in [0.2, 0.25) is 0 Å². The van der Waals surface area contributed by atoms with Crippen LogP contribution in [0.3, 0.4) is 0 Å². The van der Waals surface area contributed by atoms with E-state index in [0.29, 0.717) is 0 Å². The molecule has 61 heavy (non-hydrogen) atoms. The zero-order valence-corrected chi connectivity index (χ0v) is 33.1. The second-order valence-corrected chi connectivity index (χ2v) is 15.7. The van der Waals surface area contributed by atoms with Crippen LogP contribution < -0.4 is 4.90 Å². The molecule has 0 saturated carbocycles. The van der Waals surface area contributed by atoms with Crippen LogP contribution in [-0.4, -0.2) is 0 Å². The Kier molecular flexibility index (Phi) is 8.17. The first-order valence-electron chi connectivity index (χ1n) is 20.7. The van der Waals surface area contributed by atoms with Crippen molar-refractivity contribution >= 4 is 71.7 Å². The monoisotopic (exact) mass is 779 g/mol. The Morgan fingerprint density at radius 1 is 0.262 bits per heavy atom. The van der Waals surface area contributed by atoms with Crippen LogP contribution in [0.4, 0.5) is 17.1 Å². The van der Waals surface area contributed by atoms with Crippen molar-refractivity contribution in [1.82, 2.24) is 0 Å². The van der Waals surface area contributed by atoms with Crippen LogP contribution in [0.15, 0.2) is 233 Å². The van der Waals surface area contributed by atoms with Gasteiger partial charge in [0.05, 0.1) is 5.69 Å². The number of anilines is 3. The largest absolute Gasteiger partial charge is 0.456 e. The highest BCUT2D eigenvalue weighted by Crippen LogP contribution is 2.43. The van der Waals surface area contributed by atoms with Crippen molar-refractivity contribution in [3.63, 3.8) is 0 Å². The van der Waals surface area contributed by atoms with Gasteiger partial charge in [0, 0.05) is 38.5 Å². The number of furan rings is 2. The number of nitrogens with zero attached hydrogens (tertiary/aromatic N) is 1. The van der Waals surface area contributed by atoms with E-state index in [0.717, 1.165) is 88.8 Å². The topological polar surface area (TPSA) is 29.5 Å². The quantitative estimate of drug-likeness (QED) is 0.161. The lowest BCUT2D eigenvalue weighted by molar-refractivity contribution is 0.668. The summed E-state index contributed by atoms with van der Waals surface area (Å²) in [6.07, 6.45) is 0. The van der Waals surface area contributed by atoms with Crippen molar-refractivity contribution in [3.05, 3.63) is 224 Å². The molecule has 12 rings (SSSR count). The average Bonchev–Trinajstić information content (AvgIpc) is 3.90. The van der Waals surface area contributed by atoms with Crippen LogP contribution in [0.2, 0.25) is 0 Å². The molecule has 0 bridgehead atoms. The molecular formula is C58H37NO2. The molecule has 0 aliphatic heterocycles. The van der Waals surface area contributed by atoms with Gasteiger partial charge in [-0.05, 0) is 129 Å². The third-order valence-electron chi connectivity index (χ3n) is 12.1. The lowest BCUT2D eigenvalue weighted by Gasteiger charge is -2.28. The highest BCUT2D eigenvalue weighted by atomic mass is 16.3. The third-order valence-corrected chi connectivity index (χ3v) is 12.1. The van der Waals surface area contributed by atoms with E-state index in [9.17, 15) is 0 Å². The Labute approximate surface area is 353 Å². The number of fused-ring (bicyclic) bond motifs is 7. The minimum Gasteiger partial charge on any atom is -0.456 e. The minimum atomic E-state index is 0.876. The van der Waals surface area contributed by atoms with Crippen molar-refractivity contribution in [1.29, 1.82) is 0 Å². The van der Waals surface area contributed by atoms with Crippen LogP contribution >= 0.6 is 0 Å². The van der Waals surface area contributed by atoms with Crippen molar-refractivity contribution in [2.45, 2.75) is 0 Å². The van der Waals surface area contributed by atoms with Gasteiger partial charge in [-0.1, -0.05) is 146 Å². The Hall–Kier alpha value is -8.14. The summed E-state index contributed by atoms with van der Waals surface area (Å²) >= 11 is 0. The zero-order chi connectivity index (χ0) is 40.3. The second kappa shape index (κ2) is 14.3. The van der Waals surface area contributed by atoms with Gasteiger partial charge in [0.1, 0.15) is 22.3 Å². The Morgan fingerprint density at radius 2 is 0.721 bits per heavy atom. The molecule has 2 aromatic heterocycles. The van der Waals surface area contributed by atoms with Gasteiger partial charge in [-0.25, -0.2) is 0 Å². The predicted molar refractivity (Wildman–Crippen MR) is 255 cm³/mol. The fourth-order valence-electron chi connectivity index (χ4n) is 8.99. The fourth-order valence-corrected chi connectivity index (χ4v) is 8.99. The van der Waals surface area contributed by atoms with E-state index in [1.54, 1.807) is 0 Å². The summed E-state index contributed by atoms with van der Waals surface area (Å²) < 4.78 is 12.6. The molecule has 286 valence electrons. The van der Waals surface area contributed by atoms with Gasteiger partial charge < -0.3 is 13.7 Å². The predicted octanol–water partition coefficient (Wildman–Crippen LogP) is 16.8. The first-order chi connectivity index (χ1) is 30.2. The van der Waals surface area contributed by atoms with E-state index in [-0.39, 0.29) is 0 Å². The maximum absolute atomic E-state index is 6.37. The van der Waals surface area contributed by atoms with Gasteiger partial charge in [-0.15, -0.1) is 0 Å². The van der Waals surface area contributed by atoms with Crippen LogP contribution in [0.25, 0.3) is 99.2 Å². The molecule has 0 aliphatic rings. The molecule has 12 aromatic rings. The lowest BCUT2D eigenvalue weighted by Crippen LogP contribution is -2.11. The molecule has 10 aromatic carbocycles. The zero-order valence-electron chi connectivity index (χ0n) is 33.1. The molecule has 0 atom stereocenters. The first kappa shape index (κ1) is 34.9. The molecule has 0 aliphatic carbocycles. The number of hydrogen-bond acceptors (Lipinski definition) is 3. The molecule has 3 nitrogen and oxygen atoms in total. The number of benzene rings is 10. The fraction of sp³-hybridized carbons (Fsp3) is 0. The van der Waals surface area contributed by atoms with E-state index in [4.69, 9.17) is 8.83 Å². The summed E-state index contributed by atoms with van der Waals surface area (Å²) in [4.78, 5) is 2.36. The summed E-state index contributed by atoms with van der Waals surface area (Å²) in [6.45, 7) is 0. The van der Waals surface area contributed by atoms with Crippen molar-refractivity contribution in [3.8, 4) is 44.5 Å². The third kappa shape index (κ3) is 6.14. The van der Waals surface area contributed by atoms with Gasteiger partial charge in [-0.3, -0.25) is 0 Å². The molecule has 0 saturated heterocycles. The van der Waals surface area contributed by atoms with Crippen LogP contribution in [-0.2, 0) is 0 Å². The maximum atomic E-state index is 6.37. The molecule has 0 N–H and O–H groups in total. The molecular weight excluding hydrogens is 743 g/mol. The Morgan fingerprint density at radius 3 is 1.39 bits per heavy atom. The van der Waals surface area contributed by atoms with Crippen molar-refractivity contribution in [2.24, 2.45) is 0 Å². The molecule has 0 spiro atoms. The van der Waals surface area contributed by atoms with E-state index in [1.807, 2.05) is 24.3 Å². The number of rotatable bonds is 7. The van der Waals surface area contributed by atoms with Crippen molar-refractivity contribution in [2.75, 3.05) is 4.90 Å².